The molecular formula is C11H16N2O3. The van der Waals surface area contributed by atoms with Crippen LogP contribution in [0.2, 0.25) is 0 Å². The lowest BCUT2D eigenvalue weighted by Gasteiger charge is -2.32. The molecule has 1 aromatic rings. The molecule has 0 atom stereocenters. The Labute approximate surface area is 94.1 Å². The van der Waals surface area contributed by atoms with Crippen LogP contribution in [0.15, 0.2) is 10.6 Å². The lowest BCUT2D eigenvalue weighted by atomic mass is 9.76. The molecule has 0 bridgehead atoms. The summed E-state index contributed by atoms with van der Waals surface area (Å²) in [6, 6.07) is 1.82. The molecule has 1 aliphatic rings. The smallest absolute Gasteiger partial charge is 0.318 e. The van der Waals surface area contributed by atoms with E-state index in [1.165, 1.54) is 7.11 Å². The van der Waals surface area contributed by atoms with Crippen LogP contribution in [0.4, 0.5) is 0 Å². The number of ether oxygens (including phenoxy) is 1. The summed E-state index contributed by atoms with van der Waals surface area (Å²) in [5, 5.41) is 7.21. The second kappa shape index (κ2) is 4.25. The summed E-state index contributed by atoms with van der Waals surface area (Å²) in [6.45, 7) is 3.41. The van der Waals surface area contributed by atoms with E-state index in [2.05, 4.69) is 10.5 Å². The average Bonchev–Trinajstić information content (AvgIpc) is 2.76. The van der Waals surface area contributed by atoms with Crippen molar-refractivity contribution in [2.45, 2.75) is 25.2 Å². The second-order valence-electron chi connectivity index (χ2n) is 4.15. The van der Waals surface area contributed by atoms with Crippen molar-refractivity contribution >= 4 is 5.97 Å². The Morgan fingerprint density at radius 3 is 2.75 bits per heavy atom. The van der Waals surface area contributed by atoms with Gasteiger partial charge < -0.3 is 14.6 Å². The first-order valence-electron chi connectivity index (χ1n) is 5.42. The Balaban J connectivity index is 2.37. The van der Waals surface area contributed by atoms with Crippen molar-refractivity contribution in [3.8, 4) is 0 Å². The number of aryl methyl sites for hydroxylation is 1. The summed E-state index contributed by atoms with van der Waals surface area (Å²) in [7, 11) is 1.42. The molecule has 2 rings (SSSR count). The van der Waals surface area contributed by atoms with Crippen LogP contribution in [0.3, 0.4) is 0 Å². The molecule has 0 saturated carbocycles. The third kappa shape index (κ3) is 1.71. The van der Waals surface area contributed by atoms with Crippen molar-refractivity contribution in [3.05, 3.63) is 17.5 Å². The van der Waals surface area contributed by atoms with Gasteiger partial charge in [0.2, 0.25) is 0 Å². The fourth-order valence-electron chi connectivity index (χ4n) is 2.21. The Morgan fingerprint density at radius 1 is 1.56 bits per heavy atom. The van der Waals surface area contributed by atoms with Crippen LogP contribution < -0.4 is 5.32 Å². The standard InChI is InChI=1S/C11H16N2O3/c1-8-7-9(13-16-8)11(10(14)15-2)3-5-12-6-4-11/h7,12H,3-6H2,1-2H3. The monoisotopic (exact) mass is 224 g/mol. The van der Waals surface area contributed by atoms with Gasteiger partial charge in [-0.3, -0.25) is 4.79 Å². The van der Waals surface area contributed by atoms with Gasteiger partial charge in [-0.1, -0.05) is 5.16 Å². The number of nitrogens with one attached hydrogen (secondary N) is 1. The van der Waals surface area contributed by atoms with Crippen molar-refractivity contribution in [2.75, 3.05) is 20.2 Å². The predicted molar refractivity (Wildman–Crippen MR) is 57.0 cm³/mol. The Kier molecular flexibility index (Phi) is 2.96. The lowest BCUT2D eigenvalue weighted by molar-refractivity contribution is -0.149. The van der Waals surface area contributed by atoms with E-state index in [0.29, 0.717) is 18.5 Å². The van der Waals surface area contributed by atoms with E-state index in [-0.39, 0.29) is 5.97 Å². The van der Waals surface area contributed by atoms with Gasteiger partial charge in [-0.25, -0.2) is 0 Å². The summed E-state index contributed by atoms with van der Waals surface area (Å²) in [5.74, 6) is 0.499. The number of esters is 1. The van der Waals surface area contributed by atoms with Gasteiger partial charge in [0.25, 0.3) is 0 Å². The number of hydrogen-bond acceptors (Lipinski definition) is 5. The van der Waals surface area contributed by atoms with E-state index in [0.717, 1.165) is 18.8 Å². The van der Waals surface area contributed by atoms with Gasteiger partial charge in [0.15, 0.2) is 0 Å². The summed E-state index contributed by atoms with van der Waals surface area (Å²) < 4.78 is 9.97. The minimum absolute atomic E-state index is 0.220. The third-order valence-electron chi connectivity index (χ3n) is 3.15. The van der Waals surface area contributed by atoms with Crippen LogP contribution in [-0.2, 0) is 14.9 Å². The molecule has 1 aromatic heterocycles. The third-order valence-corrected chi connectivity index (χ3v) is 3.15. The molecule has 1 saturated heterocycles. The van der Waals surface area contributed by atoms with Crippen LogP contribution in [0.25, 0.3) is 0 Å². The van der Waals surface area contributed by atoms with E-state index in [9.17, 15) is 4.79 Å². The van der Waals surface area contributed by atoms with E-state index >= 15 is 0 Å². The number of rotatable bonds is 2. The molecule has 0 aliphatic carbocycles. The van der Waals surface area contributed by atoms with E-state index < -0.39 is 5.41 Å². The van der Waals surface area contributed by atoms with E-state index in [4.69, 9.17) is 9.26 Å². The molecule has 0 unspecified atom stereocenters. The summed E-state index contributed by atoms with van der Waals surface area (Å²) >= 11 is 0. The molecule has 0 spiro atoms. The Morgan fingerprint density at radius 2 is 2.25 bits per heavy atom. The molecule has 0 amide bonds. The first kappa shape index (κ1) is 11.1. The first-order valence-corrected chi connectivity index (χ1v) is 5.42. The number of piperidine rings is 1. The highest BCUT2D eigenvalue weighted by atomic mass is 16.5. The zero-order valence-corrected chi connectivity index (χ0v) is 9.58. The SMILES string of the molecule is COC(=O)C1(c2cc(C)on2)CCNCC1. The van der Waals surface area contributed by atoms with Crippen LogP contribution in [-0.4, -0.2) is 31.3 Å². The Bertz CT molecular complexity index is 380. The highest BCUT2D eigenvalue weighted by Crippen LogP contribution is 2.34. The van der Waals surface area contributed by atoms with Crippen molar-refractivity contribution in [3.63, 3.8) is 0 Å². The summed E-state index contributed by atoms with van der Waals surface area (Å²) in [6.07, 6.45) is 1.40. The highest BCUT2D eigenvalue weighted by molar-refractivity contribution is 5.82. The number of hydrogen-bond donors (Lipinski definition) is 1. The topological polar surface area (TPSA) is 64.4 Å². The zero-order chi connectivity index (χ0) is 11.6. The van der Waals surface area contributed by atoms with Gasteiger partial charge in [0, 0.05) is 6.07 Å². The minimum atomic E-state index is -0.627. The van der Waals surface area contributed by atoms with Gasteiger partial charge in [0.05, 0.1) is 7.11 Å². The molecule has 5 heteroatoms. The normalized spacial score (nSPS) is 19.4. The lowest BCUT2D eigenvalue weighted by Crippen LogP contribution is -2.46. The van der Waals surface area contributed by atoms with Crippen LogP contribution in [0, 0.1) is 6.92 Å². The molecule has 2 heterocycles. The molecule has 1 aliphatic heterocycles. The number of aromatic nitrogens is 1. The molecular weight excluding hydrogens is 208 g/mol. The number of carbonyl (C=O) groups excluding carboxylic acids is 1. The quantitative estimate of drug-likeness (QED) is 0.752. The largest absolute Gasteiger partial charge is 0.468 e. The molecule has 0 radical (unpaired) electrons. The van der Waals surface area contributed by atoms with Crippen molar-refractivity contribution < 1.29 is 14.1 Å². The minimum Gasteiger partial charge on any atom is -0.468 e. The zero-order valence-electron chi connectivity index (χ0n) is 9.58. The molecule has 1 fully saturated rings. The maximum absolute atomic E-state index is 12.0. The molecule has 1 N–H and O–H groups in total. The van der Waals surface area contributed by atoms with Crippen molar-refractivity contribution in [1.29, 1.82) is 0 Å². The fourth-order valence-corrected chi connectivity index (χ4v) is 2.21. The van der Waals surface area contributed by atoms with Gasteiger partial charge in [-0.2, -0.15) is 0 Å². The van der Waals surface area contributed by atoms with Crippen LogP contribution >= 0.6 is 0 Å². The Hall–Kier alpha value is -1.36. The average molecular weight is 224 g/mol. The fraction of sp³-hybridized carbons (Fsp3) is 0.636. The highest BCUT2D eigenvalue weighted by Gasteiger charge is 2.44. The molecule has 5 nitrogen and oxygen atoms in total. The number of nitrogens with zero attached hydrogens (tertiary/aromatic N) is 1. The van der Waals surface area contributed by atoms with Gasteiger partial charge in [0.1, 0.15) is 16.9 Å². The molecule has 88 valence electrons. The summed E-state index contributed by atoms with van der Waals surface area (Å²) in [4.78, 5) is 12.0. The van der Waals surface area contributed by atoms with Gasteiger partial charge in [-0.05, 0) is 32.9 Å². The number of methoxy groups -OCH3 is 1. The van der Waals surface area contributed by atoms with Gasteiger partial charge in [-0.15, -0.1) is 0 Å². The predicted octanol–water partition coefficient (Wildman–Crippen LogP) is 0.777. The number of carbonyl (C=O) groups is 1. The second-order valence-corrected chi connectivity index (χ2v) is 4.15. The van der Waals surface area contributed by atoms with Crippen molar-refractivity contribution in [2.24, 2.45) is 0 Å². The van der Waals surface area contributed by atoms with E-state index in [1.54, 1.807) is 0 Å². The molecule has 0 aromatic carbocycles. The van der Waals surface area contributed by atoms with E-state index in [1.807, 2.05) is 13.0 Å². The maximum atomic E-state index is 12.0. The van der Waals surface area contributed by atoms with Gasteiger partial charge >= 0.3 is 5.97 Å². The maximum Gasteiger partial charge on any atom is 0.318 e. The molecule has 16 heavy (non-hydrogen) atoms. The van der Waals surface area contributed by atoms with Crippen LogP contribution in [0.5, 0.6) is 0 Å². The first-order chi connectivity index (χ1) is 7.69. The van der Waals surface area contributed by atoms with Crippen LogP contribution in [0.1, 0.15) is 24.3 Å². The van der Waals surface area contributed by atoms with Crippen molar-refractivity contribution in [1.82, 2.24) is 10.5 Å². The summed E-state index contributed by atoms with van der Waals surface area (Å²) in [5.41, 5.74) is 0.0657.